The van der Waals surface area contributed by atoms with Crippen LogP contribution >= 0.6 is 7.92 Å². The van der Waals surface area contributed by atoms with Crippen LogP contribution in [0.15, 0.2) is 0 Å². The Morgan fingerprint density at radius 1 is 0.471 bits per heavy atom. The SMILES string of the molecule is CCCCCCCP(CCC)CCCCCC. The molecule has 0 aliphatic heterocycles. The first kappa shape index (κ1) is 17.4. The molecule has 104 valence electrons. The smallest absolute Gasteiger partial charge is 0.0326 e. The lowest BCUT2D eigenvalue weighted by molar-refractivity contribution is 0.657. The summed E-state index contributed by atoms with van der Waals surface area (Å²) in [6, 6.07) is 0. The van der Waals surface area contributed by atoms with Crippen molar-refractivity contribution >= 4 is 7.92 Å². The van der Waals surface area contributed by atoms with Crippen molar-refractivity contribution in [2.75, 3.05) is 18.5 Å². The zero-order valence-corrected chi connectivity index (χ0v) is 13.5. The number of hydrogen-bond acceptors (Lipinski definition) is 0. The van der Waals surface area contributed by atoms with Crippen LogP contribution < -0.4 is 0 Å². The average molecular weight is 258 g/mol. The second-order valence-electron chi connectivity index (χ2n) is 5.32. The predicted octanol–water partition coefficient (Wildman–Crippen LogP) is 6.43. The molecule has 0 spiro atoms. The molecule has 0 aromatic heterocycles. The lowest BCUT2D eigenvalue weighted by Gasteiger charge is -2.16. The minimum Gasteiger partial charge on any atom is -0.107 e. The summed E-state index contributed by atoms with van der Waals surface area (Å²) in [5, 5.41) is 0. The van der Waals surface area contributed by atoms with E-state index in [0.29, 0.717) is 7.92 Å². The largest absolute Gasteiger partial charge is 0.107 e. The predicted molar refractivity (Wildman–Crippen MR) is 84.7 cm³/mol. The Hall–Kier alpha value is 0.430. The van der Waals surface area contributed by atoms with Crippen molar-refractivity contribution in [3.63, 3.8) is 0 Å². The van der Waals surface area contributed by atoms with Crippen molar-refractivity contribution in [3.8, 4) is 0 Å². The third kappa shape index (κ3) is 12.7. The van der Waals surface area contributed by atoms with E-state index in [9.17, 15) is 0 Å². The van der Waals surface area contributed by atoms with Gasteiger partial charge in [0.1, 0.15) is 0 Å². The molecule has 0 nitrogen and oxygen atoms in total. The summed E-state index contributed by atoms with van der Waals surface area (Å²) >= 11 is 0. The van der Waals surface area contributed by atoms with E-state index in [2.05, 4.69) is 20.8 Å². The topological polar surface area (TPSA) is 0 Å². The van der Waals surface area contributed by atoms with E-state index in [0.717, 1.165) is 0 Å². The minimum absolute atomic E-state index is 0.402. The summed E-state index contributed by atoms with van der Waals surface area (Å²) < 4.78 is 0. The summed E-state index contributed by atoms with van der Waals surface area (Å²) in [4.78, 5) is 0. The average Bonchev–Trinajstić information content (AvgIpc) is 2.34. The molecule has 1 atom stereocenters. The minimum atomic E-state index is 0.402. The zero-order valence-electron chi connectivity index (χ0n) is 12.6. The first-order valence-corrected chi connectivity index (χ1v) is 9.97. The van der Waals surface area contributed by atoms with Crippen LogP contribution in [0.5, 0.6) is 0 Å². The van der Waals surface area contributed by atoms with Gasteiger partial charge in [-0.1, -0.05) is 72.1 Å². The Balaban J connectivity index is 3.45. The fourth-order valence-electron chi connectivity index (χ4n) is 2.35. The van der Waals surface area contributed by atoms with Crippen LogP contribution in [-0.4, -0.2) is 18.5 Å². The molecule has 0 aliphatic rings. The Kier molecular flexibility index (Phi) is 14.9. The van der Waals surface area contributed by atoms with Gasteiger partial charge in [-0.15, -0.1) is 7.92 Å². The van der Waals surface area contributed by atoms with Gasteiger partial charge in [-0.3, -0.25) is 0 Å². The van der Waals surface area contributed by atoms with Gasteiger partial charge < -0.3 is 0 Å². The Morgan fingerprint density at radius 3 is 1.41 bits per heavy atom. The summed E-state index contributed by atoms with van der Waals surface area (Å²) in [5.74, 6) is 0. The van der Waals surface area contributed by atoms with Crippen molar-refractivity contribution in [3.05, 3.63) is 0 Å². The highest BCUT2D eigenvalue weighted by atomic mass is 31.1. The van der Waals surface area contributed by atoms with E-state index in [1.807, 2.05) is 0 Å². The first-order chi connectivity index (χ1) is 8.35. The molecule has 0 radical (unpaired) electrons. The van der Waals surface area contributed by atoms with Gasteiger partial charge in [0.25, 0.3) is 0 Å². The highest BCUT2D eigenvalue weighted by Gasteiger charge is 2.06. The fraction of sp³-hybridized carbons (Fsp3) is 1.00. The second kappa shape index (κ2) is 14.5. The van der Waals surface area contributed by atoms with Crippen LogP contribution in [0.3, 0.4) is 0 Å². The van der Waals surface area contributed by atoms with Crippen LogP contribution in [-0.2, 0) is 0 Å². The van der Waals surface area contributed by atoms with Gasteiger partial charge in [0, 0.05) is 0 Å². The Bertz CT molecular complexity index is 133. The molecule has 0 heterocycles. The van der Waals surface area contributed by atoms with Crippen LogP contribution in [0.25, 0.3) is 0 Å². The van der Waals surface area contributed by atoms with Gasteiger partial charge in [-0.05, 0) is 31.3 Å². The van der Waals surface area contributed by atoms with E-state index in [-0.39, 0.29) is 0 Å². The van der Waals surface area contributed by atoms with Gasteiger partial charge in [-0.25, -0.2) is 0 Å². The molecular weight excluding hydrogens is 223 g/mol. The van der Waals surface area contributed by atoms with Crippen LogP contribution in [0.2, 0.25) is 0 Å². The van der Waals surface area contributed by atoms with Crippen LogP contribution in [0, 0.1) is 0 Å². The Morgan fingerprint density at radius 2 is 0.941 bits per heavy atom. The second-order valence-corrected chi connectivity index (χ2v) is 8.00. The summed E-state index contributed by atoms with van der Waals surface area (Å²) in [7, 11) is 0.402. The fourth-order valence-corrected chi connectivity index (χ4v) is 5.00. The molecule has 0 N–H and O–H groups in total. The molecule has 1 heteroatoms. The van der Waals surface area contributed by atoms with Gasteiger partial charge in [0.2, 0.25) is 0 Å². The zero-order chi connectivity index (χ0) is 12.8. The molecular formula is C16H35P. The standard InChI is InChI=1S/C16H35P/c1-4-7-9-11-13-16-17(14-6-3)15-12-10-8-5-2/h4-16H2,1-3H3. The lowest BCUT2D eigenvalue weighted by atomic mass is 10.2. The first-order valence-electron chi connectivity index (χ1n) is 8.07. The van der Waals surface area contributed by atoms with Gasteiger partial charge >= 0.3 is 0 Å². The normalized spacial score (nSPS) is 12.9. The molecule has 17 heavy (non-hydrogen) atoms. The number of rotatable bonds is 13. The third-order valence-electron chi connectivity index (χ3n) is 3.45. The maximum absolute atomic E-state index is 2.36. The number of hydrogen-bond donors (Lipinski definition) is 0. The number of unbranched alkanes of at least 4 members (excludes halogenated alkanes) is 7. The monoisotopic (exact) mass is 258 g/mol. The summed E-state index contributed by atoms with van der Waals surface area (Å²) in [5.41, 5.74) is 0. The molecule has 0 saturated heterocycles. The molecule has 0 bridgehead atoms. The highest BCUT2D eigenvalue weighted by Crippen LogP contribution is 2.38. The molecule has 0 fully saturated rings. The quantitative estimate of drug-likeness (QED) is 0.264. The molecule has 0 amide bonds. The molecule has 0 aromatic carbocycles. The van der Waals surface area contributed by atoms with Crippen LogP contribution in [0.4, 0.5) is 0 Å². The molecule has 0 aliphatic carbocycles. The van der Waals surface area contributed by atoms with Crippen molar-refractivity contribution in [2.45, 2.75) is 85.0 Å². The highest BCUT2D eigenvalue weighted by molar-refractivity contribution is 7.57. The molecule has 0 saturated carbocycles. The molecule has 0 aromatic rings. The van der Waals surface area contributed by atoms with Gasteiger partial charge in [0.15, 0.2) is 0 Å². The van der Waals surface area contributed by atoms with Gasteiger partial charge in [0.05, 0.1) is 0 Å². The lowest BCUT2D eigenvalue weighted by Crippen LogP contribution is -1.95. The van der Waals surface area contributed by atoms with E-state index in [1.54, 1.807) is 12.3 Å². The van der Waals surface area contributed by atoms with E-state index in [4.69, 9.17) is 0 Å². The van der Waals surface area contributed by atoms with E-state index in [1.165, 1.54) is 70.4 Å². The van der Waals surface area contributed by atoms with E-state index < -0.39 is 0 Å². The maximum atomic E-state index is 2.36. The third-order valence-corrected chi connectivity index (χ3v) is 6.42. The molecule has 0 rings (SSSR count). The summed E-state index contributed by atoms with van der Waals surface area (Å²) in [6.45, 7) is 6.97. The van der Waals surface area contributed by atoms with Crippen LogP contribution in [0.1, 0.15) is 85.0 Å². The van der Waals surface area contributed by atoms with E-state index >= 15 is 0 Å². The van der Waals surface area contributed by atoms with Crippen molar-refractivity contribution in [1.82, 2.24) is 0 Å². The maximum Gasteiger partial charge on any atom is -0.0326 e. The van der Waals surface area contributed by atoms with Crippen molar-refractivity contribution < 1.29 is 0 Å². The summed E-state index contributed by atoms with van der Waals surface area (Å²) in [6.07, 6.45) is 19.2. The van der Waals surface area contributed by atoms with Crippen molar-refractivity contribution in [1.29, 1.82) is 0 Å². The van der Waals surface area contributed by atoms with Crippen molar-refractivity contribution in [2.24, 2.45) is 0 Å². The Labute approximate surface area is 112 Å². The van der Waals surface area contributed by atoms with Gasteiger partial charge in [-0.2, -0.15) is 0 Å². The molecule has 1 unspecified atom stereocenters.